The first kappa shape index (κ1) is 14.6. The topological polar surface area (TPSA) is 50.9 Å². The summed E-state index contributed by atoms with van der Waals surface area (Å²) in [6, 6.07) is 0.626. The number of nitrogens with two attached hydrogens (primary N) is 1. The van der Waals surface area contributed by atoms with E-state index in [0.29, 0.717) is 6.04 Å². The average Bonchev–Trinajstić information content (AvgIpc) is 2.62. The van der Waals surface area contributed by atoms with Gasteiger partial charge in [-0.2, -0.15) is 0 Å². The summed E-state index contributed by atoms with van der Waals surface area (Å²) in [5.41, 5.74) is 7.20. The van der Waals surface area contributed by atoms with E-state index in [9.17, 15) is 0 Å². The second kappa shape index (κ2) is 7.09. The van der Waals surface area contributed by atoms with E-state index in [-0.39, 0.29) is 6.04 Å². The van der Waals surface area contributed by atoms with Crippen LogP contribution in [0.25, 0.3) is 0 Å². The molecule has 1 aromatic heterocycles. The lowest BCUT2D eigenvalue weighted by atomic mass is 10.1. The van der Waals surface area contributed by atoms with Gasteiger partial charge >= 0.3 is 0 Å². The van der Waals surface area contributed by atoms with Gasteiger partial charge in [0, 0.05) is 23.5 Å². The largest absolute Gasteiger partial charge is 0.327 e. The molecule has 3 N–H and O–H groups in total. The van der Waals surface area contributed by atoms with Gasteiger partial charge in [0.2, 0.25) is 0 Å². The van der Waals surface area contributed by atoms with E-state index in [4.69, 9.17) is 5.73 Å². The van der Waals surface area contributed by atoms with Crippen LogP contribution in [-0.4, -0.2) is 17.6 Å². The van der Waals surface area contributed by atoms with Crippen molar-refractivity contribution in [3.63, 3.8) is 0 Å². The fourth-order valence-electron chi connectivity index (χ4n) is 1.94. The Bertz CT molecular complexity index is 335. The maximum Gasteiger partial charge on any atom is 0.0900 e. The minimum atomic E-state index is 0.270. The molecule has 17 heavy (non-hydrogen) atoms. The molecule has 0 bridgehead atoms. The van der Waals surface area contributed by atoms with Crippen LogP contribution in [0.1, 0.15) is 54.7 Å². The Kier molecular flexibility index (Phi) is 6.09. The quantitative estimate of drug-likeness (QED) is 0.787. The van der Waals surface area contributed by atoms with Gasteiger partial charge < -0.3 is 11.1 Å². The van der Waals surface area contributed by atoms with Crippen molar-refractivity contribution in [2.75, 3.05) is 6.54 Å². The number of thiazole rings is 1. The third-order valence-electron chi connectivity index (χ3n) is 2.95. The standard InChI is InChI=1S/C13H25N3S/c1-5-6-7-12(14)8-15-9(2)13-10(3)16-11(4)17-13/h9,12,15H,5-8,14H2,1-4H3. The molecule has 0 aliphatic carbocycles. The highest BCUT2D eigenvalue weighted by molar-refractivity contribution is 7.11. The van der Waals surface area contributed by atoms with Gasteiger partial charge in [-0.3, -0.25) is 0 Å². The molecule has 1 heterocycles. The minimum absolute atomic E-state index is 0.270. The van der Waals surface area contributed by atoms with E-state index in [2.05, 4.69) is 38.0 Å². The van der Waals surface area contributed by atoms with Crippen molar-refractivity contribution in [2.24, 2.45) is 5.73 Å². The molecule has 0 aliphatic rings. The van der Waals surface area contributed by atoms with Crippen molar-refractivity contribution in [3.8, 4) is 0 Å². The van der Waals surface area contributed by atoms with Gasteiger partial charge in [0.25, 0.3) is 0 Å². The lowest BCUT2D eigenvalue weighted by Crippen LogP contribution is -2.35. The Morgan fingerprint density at radius 1 is 1.41 bits per heavy atom. The molecule has 0 aromatic carbocycles. The van der Waals surface area contributed by atoms with Crippen LogP contribution in [0.3, 0.4) is 0 Å². The Labute approximate surface area is 109 Å². The first-order valence-electron chi connectivity index (χ1n) is 6.47. The molecule has 2 unspecified atom stereocenters. The minimum Gasteiger partial charge on any atom is -0.327 e. The first-order valence-corrected chi connectivity index (χ1v) is 7.29. The van der Waals surface area contributed by atoms with E-state index in [1.54, 1.807) is 11.3 Å². The molecule has 0 fully saturated rings. The van der Waals surface area contributed by atoms with Crippen molar-refractivity contribution in [3.05, 3.63) is 15.6 Å². The molecule has 0 saturated heterocycles. The molecular weight excluding hydrogens is 230 g/mol. The summed E-state index contributed by atoms with van der Waals surface area (Å²) in [6.07, 6.45) is 3.54. The Balaban J connectivity index is 2.39. The zero-order valence-electron chi connectivity index (χ0n) is 11.4. The van der Waals surface area contributed by atoms with Crippen LogP contribution in [0, 0.1) is 13.8 Å². The smallest absolute Gasteiger partial charge is 0.0900 e. The molecule has 1 rings (SSSR count). The third-order valence-corrected chi connectivity index (χ3v) is 4.20. The highest BCUT2D eigenvalue weighted by Crippen LogP contribution is 2.24. The summed E-state index contributed by atoms with van der Waals surface area (Å²) in [6.45, 7) is 9.41. The van der Waals surface area contributed by atoms with E-state index in [0.717, 1.165) is 23.7 Å². The number of aryl methyl sites for hydroxylation is 2. The summed E-state index contributed by atoms with van der Waals surface area (Å²) >= 11 is 1.78. The van der Waals surface area contributed by atoms with Crippen LogP contribution in [0.5, 0.6) is 0 Å². The molecule has 0 saturated carbocycles. The summed E-state index contributed by atoms with van der Waals surface area (Å²) < 4.78 is 0. The molecule has 3 nitrogen and oxygen atoms in total. The fraction of sp³-hybridized carbons (Fsp3) is 0.769. The number of aromatic nitrogens is 1. The van der Waals surface area contributed by atoms with E-state index in [1.165, 1.54) is 17.7 Å². The van der Waals surface area contributed by atoms with Gasteiger partial charge in [0.05, 0.1) is 10.7 Å². The van der Waals surface area contributed by atoms with Crippen molar-refractivity contribution < 1.29 is 0 Å². The zero-order valence-corrected chi connectivity index (χ0v) is 12.2. The van der Waals surface area contributed by atoms with E-state index >= 15 is 0 Å². The van der Waals surface area contributed by atoms with Crippen molar-refractivity contribution >= 4 is 11.3 Å². The SMILES string of the molecule is CCCCC(N)CNC(C)c1sc(C)nc1C. The highest BCUT2D eigenvalue weighted by Gasteiger charge is 2.13. The first-order chi connectivity index (χ1) is 8.04. The molecule has 0 radical (unpaired) electrons. The fourth-order valence-corrected chi connectivity index (χ4v) is 2.89. The average molecular weight is 255 g/mol. The second-order valence-corrected chi connectivity index (χ2v) is 5.95. The summed E-state index contributed by atoms with van der Waals surface area (Å²) in [5, 5.41) is 4.65. The van der Waals surface area contributed by atoms with Crippen LogP contribution in [0.15, 0.2) is 0 Å². The molecular formula is C13H25N3S. The number of rotatable bonds is 7. The van der Waals surface area contributed by atoms with Crippen LogP contribution in [-0.2, 0) is 0 Å². The van der Waals surface area contributed by atoms with Crippen molar-refractivity contribution in [2.45, 2.75) is 59.0 Å². The second-order valence-electron chi connectivity index (χ2n) is 4.71. The zero-order chi connectivity index (χ0) is 12.8. The van der Waals surface area contributed by atoms with Gasteiger partial charge in [-0.15, -0.1) is 11.3 Å². The van der Waals surface area contributed by atoms with Crippen LogP contribution < -0.4 is 11.1 Å². The molecule has 4 heteroatoms. The van der Waals surface area contributed by atoms with Gasteiger partial charge in [-0.05, 0) is 27.2 Å². The lowest BCUT2D eigenvalue weighted by molar-refractivity contribution is 0.487. The molecule has 0 aliphatic heterocycles. The van der Waals surface area contributed by atoms with Crippen molar-refractivity contribution in [1.82, 2.24) is 10.3 Å². The number of hydrogen-bond donors (Lipinski definition) is 2. The lowest BCUT2D eigenvalue weighted by Gasteiger charge is -2.17. The van der Waals surface area contributed by atoms with Crippen molar-refractivity contribution in [1.29, 1.82) is 0 Å². The predicted octanol–water partition coefficient (Wildman–Crippen LogP) is 2.93. The summed E-state index contributed by atoms with van der Waals surface area (Å²) in [7, 11) is 0. The van der Waals surface area contributed by atoms with E-state index < -0.39 is 0 Å². The molecule has 0 spiro atoms. The molecule has 98 valence electrons. The number of nitrogens with one attached hydrogen (secondary N) is 1. The maximum absolute atomic E-state index is 6.05. The van der Waals surface area contributed by atoms with Gasteiger partial charge in [-0.1, -0.05) is 19.8 Å². The van der Waals surface area contributed by atoms with Gasteiger partial charge in [-0.25, -0.2) is 4.98 Å². The van der Waals surface area contributed by atoms with Crippen LogP contribution in [0.4, 0.5) is 0 Å². The normalized spacial score (nSPS) is 14.9. The molecule has 0 amide bonds. The maximum atomic E-state index is 6.05. The van der Waals surface area contributed by atoms with Gasteiger partial charge in [0.1, 0.15) is 0 Å². The molecule has 2 atom stereocenters. The van der Waals surface area contributed by atoms with Gasteiger partial charge in [0.15, 0.2) is 0 Å². The molecule has 1 aromatic rings. The third kappa shape index (κ3) is 4.74. The van der Waals surface area contributed by atoms with Crippen LogP contribution >= 0.6 is 11.3 Å². The highest BCUT2D eigenvalue weighted by atomic mass is 32.1. The number of nitrogens with zero attached hydrogens (tertiary/aromatic N) is 1. The summed E-state index contributed by atoms with van der Waals surface area (Å²) in [5.74, 6) is 0. The Morgan fingerprint density at radius 2 is 2.12 bits per heavy atom. The Morgan fingerprint density at radius 3 is 2.65 bits per heavy atom. The Hall–Kier alpha value is -0.450. The monoisotopic (exact) mass is 255 g/mol. The number of hydrogen-bond acceptors (Lipinski definition) is 4. The van der Waals surface area contributed by atoms with Crippen LogP contribution in [0.2, 0.25) is 0 Å². The number of unbranched alkanes of at least 4 members (excludes halogenated alkanes) is 1. The van der Waals surface area contributed by atoms with E-state index in [1.807, 2.05) is 0 Å². The predicted molar refractivity (Wildman–Crippen MR) is 75.5 cm³/mol. The summed E-state index contributed by atoms with van der Waals surface area (Å²) in [4.78, 5) is 5.79.